The Morgan fingerprint density at radius 2 is 1.87 bits per heavy atom. The van der Waals surface area contributed by atoms with Crippen LogP contribution in [0.15, 0.2) is 18.2 Å². The third-order valence-electron chi connectivity index (χ3n) is 3.79. The standard InChI is InChI=1S/C18H27NO4/c1-13(2)19(10-9-18(21)22)17(20)6-5-11-23-16-8-7-14(3)15(4)12-16/h7-8,12-13H,5-6,9-11H2,1-4H3,(H,21,22). The average Bonchev–Trinajstić information content (AvgIpc) is 2.46. The van der Waals surface area contributed by atoms with E-state index in [1.54, 1.807) is 4.90 Å². The number of aryl methyl sites for hydroxylation is 2. The summed E-state index contributed by atoms with van der Waals surface area (Å²) in [7, 11) is 0. The normalized spacial score (nSPS) is 10.7. The molecule has 0 unspecified atom stereocenters. The first kappa shape index (κ1) is 19.0. The van der Waals surface area contributed by atoms with Crippen molar-refractivity contribution in [3.63, 3.8) is 0 Å². The van der Waals surface area contributed by atoms with Crippen molar-refractivity contribution in [3.05, 3.63) is 29.3 Å². The molecule has 0 spiro atoms. The fourth-order valence-corrected chi connectivity index (χ4v) is 2.25. The van der Waals surface area contributed by atoms with Gasteiger partial charge in [0.1, 0.15) is 5.75 Å². The van der Waals surface area contributed by atoms with Gasteiger partial charge in [-0.1, -0.05) is 6.07 Å². The van der Waals surface area contributed by atoms with Gasteiger partial charge in [-0.15, -0.1) is 0 Å². The highest BCUT2D eigenvalue weighted by Crippen LogP contribution is 2.16. The second-order valence-corrected chi connectivity index (χ2v) is 6.02. The fourth-order valence-electron chi connectivity index (χ4n) is 2.25. The maximum atomic E-state index is 12.2. The van der Waals surface area contributed by atoms with Crippen molar-refractivity contribution in [2.24, 2.45) is 0 Å². The Kier molecular flexibility index (Phi) is 7.59. The predicted molar refractivity (Wildman–Crippen MR) is 89.7 cm³/mol. The molecular weight excluding hydrogens is 294 g/mol. The lowest BCUT2D eigenvalue weighted by Gasteiger charge is -2.26. The molecule has 0 heterocycles. The molecular formula is C18H27NO4. The number of hydrogen-bond donors (Lipinski definition) is 1. The van der Waals surface area contributed by atoms with Crippen LogP contribution in [0.25, 0.3) is 0 Å². The molecule has 0 radical (unpaired) electrons. The minimum absolute atomic E-state index is 0.00233. The minimum Gasteiger partial charge on any atom is -0.494 e. The molecule has 0 aliphatic heterocycles. The van der Waals surface area contributed by atoms with Gasteiger partial charge in [0.25, 0.3) is 0 Å². The molecule has 0 bridgehead atoms. The molecule has 1 aromatic rings. The van der Waals surface area contributed by atoms with E-state index in [2.05, 4.69) is 6.92 Å². The lowest BCUT2D eigenvalue weighted by atomic mass is 10.1. The minimum atomic E-state index is -0.887. The molecule has 5 nitrogen and oxygen atoms in total. The van der Waals surface area contributed by atoms with Gasteiger partial charge in [-0.05, 0) is 57.4 Å². The number of benzene rings is 1. The van der Waals surface area contributed by atoms with E-state index in [0.29, 0.717) is 19.4 Å². The van der Waals surface area contributed by atoms with Crippen molar-refractivity contribution in [2.75, 3.05) is 13.2 Å². The molecule has 1 amide bonds. The van der Waals surface area contributed by atoms with Crippen LogP contribution >= 0.6 is 0 Å². The number of ether oxygens (including phenoxy) is 1. The molecule has 1 aromatic carbocycles. The summed E-state index contributed by atoms with van der Waals surface area (Å²) >= 11 is 0. The van der Waals surface area contributed by atoms with Crippen molar-refractivity contribution in [3.8, 4) is 5.75 Å². The second-order valence-electron chi connectivity index (χ2n) is 6.02. The predicted octanol–water partition coefficient (Wildman–Crippen LogP) is 3.17. The van der Waals surface area contributed by atoms with Crippen molar-refractivity contribution >= 4 is 11.9 Å². The van der Waals surface area contributed by atoms with Crippen molar-refractivity contribution < 1.29 is 19.4 Å². The second kappa shape index (κ2) is 9.18. The van der Waals surface area contributed by atoms with E-state index in [4.69, 9.17) is 9.84 Å². The zero-order valence-corrected chi connectivity index (χ0v) is 14.5. The van der Waals surface area contributed by atoms with Crippen molar-refractivity contribution in [1.82, 2.24) is 4.90 Å². The van der Waals surface area contributed by atoms with Crippen LogP contribution in [0.1, 0.15) is 44.2 Å². The van der Waals surface area contributed by atoms with E-state index in [9.17, 15) is 9.59 Å². The SMILES string of the molecule is Cc1ccc(OCCCC(=O)N(CCC(=O)O)C(C)C)cc1C. The number of rotatable bonds is 9. The van der Waals surface area contributed by atoms with Crippen LogP contribution in [-0.4, -0.2) is 41.1 Å². The van der Waals surface area contributed by atoms with Crippen molar-refractivity contribution in [2.45, 2.75) is 53.0 Å². The van der Waals surface area contributed by atoms with Crippen LogP contribution in [0, 0.1) is 13.8 Å². The first-order chi connectivity index (χ1) is 10.8. The topological polar surface area (TPSA) is 66.8 Å². The first-order valence-corrected chi connectivity index (χ1v) is 8.02. The number of carboxylic acids is 1. The van der Waals surface area contributed by atoms with Crippen LogP contribution in [0.2, 0.25) is 0 Å². The van der Waals surface area contributed by atoms with E-state index in [1.165, 1.54) is 11.1 Å². The molecule has 0 aliphatic carbocycles. The van der Waals surface area contributed by atoms with Crippen LogP contribution in [0.3, 0.4) is 0 Å². The fraction of sp³-hybridized carbons (Fsp3) is 0.556. The molecule has 0 aromatic heterocycles. The summed E-state index contributed by atoms with van der Waals surface area (Å²) in [5, 5.41) is 8.75. The van der Waals surface area contributed by atoms with Gasteiger partial charge in [0, 0.05) is 19.0 Å². The summed E-state index contributed by atoms with van der Waals surface area (Å²) < 4.78 is 5.67. The Bertz CT molecular complexity index is 540. The summed E-state index contributed by atoms with van der Waals surface area (Å²) in [6, 6.07) is 5.94. The summed E-state index contributed by atoms with van der Waals surface area (Å²) in [4.78, 5) is 24.5. The third-order valence-corrected chi connectivity index (χ3v) is 3.79. The number of hydrogen-bond acceptors (Lipinski definition) is 3. The molecule has 1 N–H and O–H groups in total. The summed E-state index contributed by atoms with van der Waals surface area (Å²) in [6.07, 6.45) is 0.952. The van der Waals surface area contributed by atoms with E-state index >= 15 is 0 Å². The third kappa shape index (κ3) is 6.72. The Morgan fingerprint density at radius 1 is 1.17 bits per heavy atom. The number of aliphatic carboxylic acids is 1. The molecule has 0 aliphatic rings. The zero-order valence-electron chi connectivity index (χ0n) is 14.5. The maximum Gasteiger partial charge on any atom is 0.305 e. The lowest BCUT2D eigenvalue weighted by molar-refractivity contribution is -0.139. The van der Waals surface area contributed by atoms with Gasteiger partial charge >= 0.3 is 5.97 Å². The van der Waals surface area contributed by atoms with Crippen molar-refractivity contribution in [1.29, 1.82) is 0 Å². The van der Waals surface area contributed by atoms with Crippen LogP contribution in [-0.2, 0) is 9.59 Å². The molecule has 5 heteroatoms. The Hall–Kier alpha value is -2.04. The highest BCUT2D eigenvalue weighted by molar-refractivity contribution is 5.77. The number of carbonyl (C=O) groups is 2. The van der Waals surface area contributed by atoms with Gasteiger partial charge in [-0.3, -0.25) is 9.59 Å². The number of nitrogens with zero attached hydrogens (tertiary/aromatic N) is 1. The van der Waals surface area contributed by atoms with E-state index < -0.39 is 5.97 Å². The number of amides is 1. The van der Waals surface area contributed by atoms with Gasteiger partial charge in [0.05, 0.1) is 13.0 Å². The Morgan fingerprint density at radius 3 is 2.43 bits per heavy atom. The highest BCUT2D eigenvalue weighted by Gasteiger charge is 2.17. The lowest BCUT2D eigenvalue weighted by Crippen LogP contribution is -2.38. The quantitative estimate of drug-likeness (QED) is 0.709. The van der Waals surface area contributed by atoms with E-state index in [0.717, 1.165) is 5.75 Å². The maximum absolute atomic E-state index is 12.2. The number of carboxylic acid groups (broad SMARTS) is 1. The van der Waals surface area contributed by atoms with E-state index in [-0.39, 0.29) is 24.9 Å². The van der Waals surface area contributed by atoms with Gasteiger partial charge in [-0.2, -0.15) is 0 Å². The smallest absolute Gasteiger partial charge is 0.305 e. The molecule has 0 fully saturated rings. The zero-order chi connectivity index (χ0) is 17.4. The largest absolute Gasteiger partial charge is 0.494 e. The summed E-state index contributed by atoms with van der Waals surface area (Å²) in [6.45, 7) is 8.60. The van der Waals surface area contributed by atoms with Gasteiger partial charge in [0.2, 0.25) is 5.91 Å². The molecule has 0 atom stereocenters. The molecule has 23 heavy (non-hydrogen) atoms. The summed E-state index contributed by atoms with van der Waals surface area (Å²) in [5.41, 5.74) is 2.40. The van der Waals surface area contributed by atoms with Crippen LogP contribution in [0.5, 0.6) is 5.75 Å². The van der Waals surface area contributed by atoms with Gasteiger partial charge < -0.3 is 14.7 Å². The van der Waals surface area contributed by atoms with E-state index in [1.807, 2.05) is 39.0 Å². The number of carbonyl (C=O) groups excluding carboxylic acids is 1. The summed E-state index contributed by atoms with van der Waals surface area (Å²) in [5.74, 6) is -0.0985. The Balaban J connectivity index is 2.38. The van der Waals surface area contributed by atoms with Crippen LogP contribution < -0.4 is 4.74 Å². The molecule has 0 saturated heterocycles. The molecule has 1 rings (SSSR count). The molecule has 128 valence electrons. The monoisotopic (exact) mass is 321 g/mol. The highest BCUT2D eigenvalue weighted by atomic mass is 16.5. The van der Waals surface area contributed by atoms with Gasteiger partial charge in [0.15, 0.2) is 0 Å². The Labute approximate surface area is 138 Å². The van der Waals surface area contributed by atoms with Gasteiger partial charge in [-0.25, -0.2) is 0 Å². The average molecular weight is 321 g/mol. The van der Waals surface area contributed by atoms with Crippen LogP contribution in [0.4, 0.5) is 0 Å². The first-order valence-electron chi connectivity index (χ1n) is 8.02. The molecule has 0 saturated carbocycles.